The Labute approximate surface area is 146 Å². The first-order chi connectivity index (χ1) is 12.0. The van der Waals surface area contributed by atoms with Gasteiger partial charge < -0.3 is 14.7 Å². The van der Waals surface area contributed by atoms with Crippen LogP contribution in [0.1, 0.15) is 61.3 Å². The molecule has 134 valence electrons. The molecule has 1 aliphatic carbocycles. The second kappa shape index (κ2) is 6.82. The van der Waals surface area contributed by atoms with Gasteiger partial charge in [-0.3, -0.25) is 9.59 Å². The van der Waals surface area contributed by atoms with Crippen molar-refractivity contribution in [1.82, 2.24) is 20.4 Å². The summed E-state index contributed by atoms with van der Waals surface area (Å²) in [5.74, 6) is -0.00204. The van der Waals surface area contributed by atoms with Crippen molar-refractivity contribution in [2.45, 2.75) is 52.5 Å². The molecule has 7 nitrogen and oxygen atoms in total. The maximum atomic E-state index is 12.8. The number of carbonyl (C=O) groups excluding carboxylic acids is 2. The summed E-state index contributed by atoms with van der Waals surface area (Å²) in [5.41, 5.74) is 2.34. The molecule has 1 fully saturated rings. The molecule has 0 saturated heterocycles. The second-order valence-corrected chi connectivity index (χ2v) is 6.52. The van der Waals surface area contributed by atoms with Crippen LogP contribution in [0.25, 0.3) is 11.1 Å². The monoisotopic (exact) mass is 344 g/mol. The quantitative estimate of drug-likeness (QED) is 0.869. The molecule has 2 amide bonds. The second-order valence-electron chi connectivity index (χ2n) is 6.52. The van der Waals surface area contributed by atoms with Crippen LogP contribution in [0.15, 0.2) is 10.6 Å². The summed E-state index contributed by atoms with van der Waals surface area (Å²) in [7, 11) is 0. The number of likely N-dealkylation sites (N-methyl/N-ethyl adjacent to an activating group) is 1. The van der Waals surface area contributed by atoms with Crippen LogP contribution in [0, 0.1) is 6.92 Å². The molecule has 3 rings (SSSR count). The fourth-order valence-corrected chi connectivity index (χ4v) is 3.03. The molecule has 0 unspecified atom stereocenters. The molecule has 1 N–H and O–H groups in total. The summed E-state index contributed by atoms with van der Waals surface area (Å²) >= 11 is 0. The van der Waals surface area contributed by atoms with Crippen LogP contribution >= 0.6 is 0 Å². The Bertz CT molecular complexity index is 806. The van der Waals surface area contributed by atoms with E-state index in [1.807, 2.05) is 19.9 Å². The largest absolute Gasteiger partial charge is 0.341 e. The van der Waals surface area contributed by atoms with Crippen molar-refractivity contribution in [1.29, 1.82) is 0 Å². The van der Waals surface area contributed by atoms with Crippen LogP contribution in [-0.2, 0) is 4.79 Å². The highest BCUT2D eigenvalue weighted by atomic mass is 16.5. The van der Waals surface area contributed by atoms with Crippen LogP contribution in [-0.4, -0.2) is 46.0 Å². The van der Waals surface area contributed by atoms with Crippen LogP contribution in [0.4, 0.5) is 0 Å². The predicted molar refractivity (Wildman–Crippen MR) is 93.4 cm³/mol. The summed E-state index contributed by atoms with van der Waals surface area (Å²) in [5, 5.41) is 7.36. The zero-order chi connectivity index (χ0) is 18.1. The zero-order valence-electron chi connectivity index (χ0n) is 15.1. The summed E-state index contributed by atoms with van der Waals surface area (Å²) in [6.45, 7) is 8.57. The highest BCUT2D eigenvalue weighted by Crippen LogP contribution is 2.40. The molecular formula is C18H24N4O3. The molecule has 0 bridgehead atoms. The number of pyridine rings is 1. The number of fused-ring (bicyclic) bond motifs is 1. The van der Waals surface area contributed by atoms with E-state index < -0.39 is 6.04 Å². The van der Waals surface area contributed by atoms with Crippen molar-refractivity contribution < 1.29 is 14.1 Å². The number of nitrogens with zero attached hydrogens (tertiary/aromatic N) is 3. The lowest BCUT2D eigenvalue weighted by atomic mass is 10.1. The summed E-state index contributed by atoms with van der Waals surface area (Å²) in [6.07, 6.45) is 2.15. The highest BCUT2D eigenvalue weighted by Gasteiger charge is 2.29. The van der Waals surface area contributed by atoms with Gasteiger partial charge in [0.25, 0.3) is 11.6 Å². The first kappa shape index (κ1) is 17.4. The average molecular weight is 344 g/mol. The Balaban J connectivity index is 1.88. The van der Waals surface area contributed by atoms with Gasteiger partial charge in [-0.05, 0) is 46.6 Å². The van der Waals surface area contributed by atoms with Gasteiger partial charge in [0, 0.05) is 24.7 Å². The summed E-state index contributed by atoms with van der Waals surface area (Å²) in [6, 6.07) is 1.22. The predicted octanol–water partition coefficient (Wildman–Crippen LogP) is 2.40. The molecule has 1 atom stereocenters. The lowest BCUT2D eigenvalue weighted by Gasteiger charge is -2.23. The van der Waals surface area contributed by atoms with Gasteiger partial charge in [-0.1, -0.05) is 5.16 Å². The van der Waals surface area contributed by atoms with Gasteiger partial charge in [-0.25, -0.2) is 4.98 Å². The molecule has 0 radical (unpaired) electrons. The van der Waals surface area contributed by atoms with Gasteiger partial charge in [0.05, 0.1) is 16.6 Å². The molecule has 1 saturated carbocycles. The smallest absolute Gasteiger partial charge is 0.259 e. The topological polar surface area (TPSA) is 88.3 Å². The zero-order valence-corrected chi connectivity index (χ0v) is 15.1. The Morgan fingerprint density at radius 3 is 2.64 bits per heavy atom. The number of carbonyl (C=O) groups is 2. The van der Waals surface area contributed by atoms with Gasteiger partial charge in [0.1, 0.15) is 6.04 Å². The van der Waals surface area contributed by atoms with Gasteiger partial charge in [-0.2, -0.15) is 0 Å². The van der Waals surface area contributed by atoms with E-state index in [1.165, 1.54) is 0 Å². The van der Waals surface area contributed by atoms with E-state index in [9.17, 15) is 9.59 Å². The Hall–Kier alpha value is -2.44. The fraction of sp³-hybridized carbons (Fsp3) is 0.556. The van der Waals surface area contributed by atoms with Crippen molar-refractivity contribution in [2.24, 2.45) is 0 Å². The minimum absolute atomic E-state index is 0.0897. The molecule has 2 heterocycles. The van der Waals surface area contributed by atoms with Gasteiger partial charge in [0.15, 0.2) is 0 Å². The van der Waals surface area contributed by atoms with E-state index in [-0.39, 0.29) is 11.8 Å². The van der Waals surface area contributed by atoms with Crippen molar-refractivity contribution in [3.05, 3.63) is 23.0 Å². The molecule has 7 heteroatoms. The molecule has 25 heavy (non-hydrogen) atoms. The first-order valence-electron chi connectivity index (χ1n) is 8.82. The first-order valence-corrected chi connectivity index (χ1v) is 8.82. The minimum atomic E-state index is -0.597. The number of aryl methyl sites for hydroxylation is 1. The Morgan fingerprint density at radius 2 is 2.04 bits per heavy atom. The van der Waals surface area contributed by atoms with E-state index in [1.54, 1.807) is 18.7 Å². The molecule has 0 aromatic carbocycles. The standard InChI is InChI=1S/C18H24N4O3/c1-5-22(6-2)18(24)11(4)19-16(23)13-9-14(12-7-8-12)20-17-15(13)10(3)21-25-17/h9,11-12H,5-8H2,1-4H3,(H,19,23)/t11-/m1/s1. The minimum Gasteiger partial charge on any atom is -0.341 e. The number of aromatic nitrogens is 2. The Morgan fingerprint density at radius 1 is 1.36 bits per heavy atom. The van der Waals surface area contributed by atoms with E-state index in [0.717, 1.165) is 18.5 Å². The third kappa shape index (κ3) is 3.36. The molecular weight excluding hydrogens is 320 g/mol. The number of rotatable bonds is 6. The van der Waals surface area contributed by atoms with E-state index in [2.05, 4.69) is 15.5 Å². The van der Waals surface area contributed by atoms with Gasteiger partial charge >= 0.3 is 0 Å². The summed E-state index contributed by atoms with van der Waals surface area (Å²) in [4.78, 5) is 31.4. The molecule has 1 aliphatic rings. The van der Waals surface area contributed by atoms with Crippen LogP contribution in [0.2, 0.25) is 0 Å². The fourth-order valence-electron chi connectivity index (χ4n) is 3.03. The molecule has 0 spiro atoms. The average Bonchev–Trinajstić information content (AvgIpc) is 3.39. The molecule has 2 aromatic heterocycles. The number of hydrogen-bond acceptors (Lipinski definition) is 5. The van der Waals surface area contributed by atoms with Crippen molar-refractivity contribution >= 4 is 22.9 Å². The third-order valence-corrected chi connectivity index (χ3v) is 4.67. The molecule has 0 aliphatic heterocycles. The van der Waals surface area contributed by atoms with Crippen molar-refractivity contribution in [3.8, 4) is 0 Å². The Kier molecular flexibility index (Phi) is 4.74. The van der Waals surface area contributed by atoms with Crippen LogP contribution in [0.5, 0.6) is 0 Å². The van der Waals surface area contributed by atoms with E-state index in [0.29, 0.717) is 41.4 Å². The third-order valence-electron chi connectivity index (χ3n) is 4.67. The van der Waals surface area contributed by atoms with E-state index >= 15 is 0 Å². The summed E-state index contributed by atoms with van der Waals surface area (Å²) < 4.78 is 5.27. The van der Waals surface area contributed by atoms with Gasteiger partial charge in [0.2, 0.25) is 5.91 Å². The van der Waals surface area contributed by atoms with Crippen LogP contribution in [0.3, 0.4) is 0 Å². The van der Waals surface area contributed by atoms with Gasteiger partial charge in [-0.15, -0.1) is 0 Å². The van der Waals surface area contributed by atoms with E-state index in [4.69, 9.17) is 4.52 Å². The maximum Gasteiger partial charge on any atom is 0.259 e. The number of amides is 2. The van der Waals surface area contributed by atoms with Crippen molar-refractivity contribution in [2.75, 3.05) is 13.1 Å². The van der Waals surface area contributed by atoms with Crippen LogP contribution < -0.4 is 5.32 Å². The molecule has 2 aromatic rings. The van der Waals surface area contributed by atoms with Crippen molar-refractivity contribution in [3.63, 3.8) is 0 Å². The lowest BCUT2D eigenvalue weighted by Crippen LogP contribution is -2.46. The normalized spacial score (nSPS) is 15.2. The lowest BCUT2D eigenvalue weighted by molar-refractivity contribution is -0.132. The highest BCUT2D eigenvalue weighted by molar-refractivity contribution is 6.07. The number of hydrogen-bond donors (Lipinski definition) is 1. The SMILES string of the molecule is CCN(CC)C(=O)[C@@H](C)NC(=O)c1cc(C2CC2)nc2onc(C)c12. The number of nitrogens with one attached hydrogen (secondary N) is 1. The maximum absolute atomic E-state index is 12.8.